The molecule has 3 aromatic rings. The Kier molecular flexibility index (Phi) is 5.62. The second-order valence-electron chi connectivity index (χ2n) is 6.86. The van der Waals surface area contributed by atoms with Crippen LogP contribution in [0.25, 0.3) is 0 Å². The Morgan fingerprint density at radius 3 is 2.00 bits per heavy atom. The molecule has 6 heteroatoms. The quantitative estimate of drug-likeness (QED) is 0.443. The van der Waals surface area contributed by atoms with Crippen molar-refractivity contribution in [3.05, 3.63) is 112 Å². The second-order valence-corrected chi connectivity index (χ2v) is 8.05. The third kappa shape index (κ3) is 4.03. The van der Waals surface area contributed by atoms with Crippen LogP contribution in [-0.2, 0) is 4.79 Å². The van der Waals surface area contributed by atoms with E-state index in [4.69, 9.17) is 0 Å². The predicted molar refractivity (Wildman–Crippen MR) is 115 cm³/mol. The standard InChI is InChI=1S/C23H20N2O3S/c26-22(21(17-7-3-1-4-8-17)18-9-5-2-6-10-18)24-15-16-29-23(24)19-11-13-20(14-12-19)25(27)28/h1-14,21,23H,15-16H2. The first kappa shape index (κ1) is 19.2. The maximum Gasteiger partial charge on any atom is 0.269 e. The monoisotopic (exact) mass is 404 g/mol. The molecule has 0 saturated carbocycles. The summed E-state index contributed by atoms with van der Waals surface area (Å²) in [6, 6.07) is 26.1. The highest BCUT2D eigenvalue weighted by Gasteiger charge is 2.36. The molecule has 1 atom stereocenters. The zero-order valence-electron chi connectivity index (χ0n) is 15.7. The lowest BCUT2D eigenvalue weighted by Crippen LogP contribution is -2.35. The second kappa shape index (κ2) is 8.49. The van der Waals surface area contributed by atoms with Crippen molar-refractivity contribution in [2.75, 3.05) is 12.3 Å². The van der Waals surface area contributed by atoms with Gasteiger partial charge in [0.25, 0.3) is 5.69 Å². The number of hydrogen-bond donors (Lipinski definition) is 0. The maximum atomic E-state index is 13.7. The summed E-state index contributed by atoms with van der Waals surface area (Å²) in [5, 5.41) is 10.8. The topological polar surface area (TPSA) is 63.5 Å². The molecule has 0 aromatic heterocycles. The summed E-state index contributed by atoms with van der Waals surface area (Å²) in [5.41, 5.74) is 2.89. The number of amides is 1. The average Bonchev–Trinajstić information content (AvgIpc) is 3.25. The van der Waals surface area contributed by atoms with Crippen LogP contribution in [0.2, 0.25) is 0 Å². The summed E-state index contributed by atoms with van der Waals surface area (Å²) >= 11 is 1.69. The fourth-order valence-corrected chi connectivity index (χ4v) is 4.93. The zero-order chi connectivity index (χ0) is 20.2. The van der Waals surface area contributed by atoms with Crippen molar-refractivity contribution >= 4 is 23.4 Å². The smallest absolute Gasteiger partial charge is 0.269 e. The van der Waals surface area contributed by atoms with Gasteiger partial charge in [-0.25, -0.2) is 0 Å². The molecule has 0 bridgehead atoms. The van der Waals surface area contributed by atoms with Crippen LogP contribution in [0.4, 0.5) is 5.69 Å². The van der Waals surface area contributed by atoms with E-state index in [1.54, 1.807) is 23.9 Å². The Balaban J connectivity index is 1.67. The molecule has 3 aromatic carbocycles. The number of thioether (sulfide) groups is 1. The Morgan fingerprint density at radius 2 is 1.48 bits per heavy atom. The van der Waals surface area contributed by atoms with Gasteiger partial charge in [0.05, 0.1) is 10.8 Å². The minimum Gasteiger partial charge on any atom is -0.325 e. The number of benzene rings is 3. The summed E-state index contributed by atoms with van der Waals surface area (Å²) in [5.74, 6) is 0.511. The molecule has 0 spiro atoms. The highest BCUT2D eigenvalue weighted by molar-refractivity contribution is 7.99. The van der Waals surface area contributed by atoms with E-state index in [1.807, 2.05) is 65.6 Å². The summed E-state index contributed by atoms with van der Waals surface area (Å²) in [6.45, 7) is 0.654. The van der Waals surface area contributed by atoms with Crippen molar-refractivity contribution in [1.82, 2.24) is 4.90 Å². The molecule has 1 heterocycles. The molecule has 1 amide bonds. The minimum absolute atomic E-state index is 0.0516. The van der Waals surface area contributed by atoms with Gasteiger partial charge in [-0.1, -0.05) is 60.7 Å². The number of hydrogen-bond acceptors (Lipinski definition) is 4. The van der Waals surface area contributed by atoms with Gasteiger partial charge in [0.1, 0.15) is 5.37 Å². The fraction of sp³-hybridized carbons (Fsp3) is 0.174. The molecule has 1 fully saturated rings. The van der Waals surface area contributed by atoms with Gasteiger partial charge in [-0.15, -0.1) is 11.8 Å². The first-order valence-corrected chi connectivity index (χ1v) is 10.5. The van der Waals surface area contributed by atoms with Crippen LogP contribution >= 0.6 is 11.8 Å². The predicted octanol–water partition coefficient (Wildman–Crippen LogP) is 5.00. The van der Waals surface area contributed by atoms with E-state index in [-0.39, 0.29) is 22.9 Å². The molecular weight excluding hydrogens is 384 g/mol. The van der Waals surface area contributed by atoms with Gasteiger partial charge in [0, 0.05) is 24.4 Å². The van der Waals surface area contributed by atoms with Crippen molar-refractivity contribution in [2.24, 2.45) is 0 Å². The molecule has 4 rings (SSSR count). The Bertz CT molecular complexity index is 954. The minimum atomic E-state index is -0.407. The van der Waals surface area contributed by atoms with Crippen LogP contribution in [-0.4, -0.2) is 28.0 Å². The molecule has 1 saturated heterocycles. The van der Waals surface area contributed by atoms with Crippen molar-refractivity contribution in [2.45, 2.75) is 11.3 Å². The lowest BCUT2D eigenvalue weighted by Gasteiger charge is -2.29. The molecule has 0 N–H and O–H groups in total. The molecular formula is C23H20N2O3S. The first-order valence-electron chi connectivity index (χ1n) is 9.41. The van der Waals surface area contributed by atoms with Gasteiger partial charge in [0.2, 0.25) is 5.91 Å². The number of rotatable bonds is 5. The largest absolute Gasteiger partial charge is 0.325 e. The molecule has 1 aliphatic heterocycles. The van der Waals surface area contributed by atoms with Crippen molar-refractivity contribution in [3.63, 3.8) is 0 Å². The molecule has 1 aliphatic rings. The lowest BCUT2D eigenvalue weighted by molar-refractivity contribution is -0.384. The lowest BCUT2D eigenvalue weighted by atomic mass is 9.90. The van der Waals surface area contributed by atoms with Gasteiger partial charge >= 0.3 is 0 Å². The Hall–Kier alpha value is -3.12. The van der Waals surface area contributed by atoms with E-state index in [9.17, 15) is 14.9 Å². The number of nitro groups is 1. The van der Waals surface area contributed by atoms with Crippen LogP contribution < -0.4 is 0 Å². The van der Waals surface area contributed by atoms with E-state index in [0.29, 0.717) is 6.54 Å². The van der Waals surface area contributed by atoms with E-state index >= 15 is 0 Å². The van der Waals surface area contributed by atoms with Gasteiger partial charge in [-0.2, -0.15) is 0 Å². The number of nitrogens with zero attached hydrogens (tertiary/aromatic N) is 2. The number of non-ortho nitro benzene ring substituents is 1. The van der Waals surface area contributed by atoms with Crippen LogP contribution in [0.1, 0.15) is 28.0 Å². The molecule has 0 aliphatic carbocycles. The van der Waals surface area contributed by atoms with Gasteiger partial charge in [-0.3, -0.25) is 14.9 Å². The molecule has 5 nitrogen and oxygen atoms in total. The van der Waals surface area contributed by atoms with Crippen LogP contribution in [0.3, 0.4) is 0 Å². The molecule has 0 radical (unpaired) electrons. The highest BCUT2D eigenvalue weighted by atomic mass is 32.2. The van der Waals surface area contributed by atoms with Gasteiger partial charge in [-0.05, 0) is 28.8 Å². The van der Waals surface area contributed by atoms with E-state index < -0.39 is 4.92 Å². The number of carbonyl (C=O) groups is 1. The van der Waals surface area contributed by atoms with Crippen LogP contribution in [0.5, 0.6) is 0 Å². The number of nitro benzene ring substituents is 1. The third-order valence-electron chi connectivity index (χ3n) is 5.08. The zero-order valence-corrected chi connectivity index (χ0v) is 16.5. The third-order valence-corrected chi connectivity index (χ3v) is 6.34. The average molecular weight is 404 g/mol. The Labute approximate surface area is 173 Å². The Morgan fingerprint density at radius 1 is 0.931 bits per heavy atom. The van der Waals surface area contributed by atoms with Crippen molar-refractivity contribution < 1.29 is 9.72 Å². The van der Waals surface area contributed by atoms with E-state index in [1.165, 1.54) is 12.1 Å². The van der Waals surface area contributed by atoms with Crippen molar-refractivity contribution in [3.8, 4) is 0 Å². The SMILES string of the molecule is O=C(C(c1ccccc1)c1ccccc1)N1CCSC1c1ccc([N+](=O)[O-])cc1. The maximum absolute atomic E-state index is 13.7. The fourth-order valence-electron chi connectivity index (χ4n) is 3.67. The summed E-state index contributed by atoms with van der Waals surface area (Å²) in [4.78, 5) is 26.1. The summed E-state index contributed by atoms with van der Waals surface area (Å²) in [7, 11) is 0. The number of carbonyl (C=O) groups excluding carboxylic acids is 1. The van der Waals surface area contributed by atoms with E-state index in [2.05, 4.69) is 0 Å². The summed E-state index contributed by atoms with van der Waals surface area (Å²) in [6.07, 6.45) is 0. The van der Waals surface area contributed by atoms with Gasteiger partial charge in [0.15, 0.2) is 0 Å². The van der Waals surface area contributed by atoms with Crippen LogP contribution in [0, 0.1) is 10.1 Å². The molecule has 29 heavy (non-hydrogen) atoms. The van der Waals surface area contributed by atoms with Gasteiger partial charge < -0.3 is 4.90 Å². The first-order chi connectivity index (χ1) is 14.1. The van der Waals surface area contributed by atoms with Crippen LogP contribution in [0.15, 0.2) is 84.9 Å². The van der Waals surface area contributed by atoms with E-state index in [0.717, 1.165) is 22.4 Å². The molecule has 146 valence electrons. The normalized spacial score (nSPS) is 16.2. The van der Waals surface area contributed by atoms with Crippen molar-refractivity contribution in [1.29, 1.82) is 0 Å². The highest BCUT2D eigenvalue weighted by Crippen LogP contribution is 2.41. The summed E-state index contributed by atoms with van der Waals surface area (Å²) < 4.78 is 0. The molecule has 1 unspecified atom stereocenters.